The molecule has 0 amide bonds. The normalized spacial score (nSPS) is 12.6. The number of hydrogen-bond donors (Lipinski definition) is 2. The fourth-order valence-corrected chi connectivity index (χ4v) is 2.80. The van der Waals surface area contributed by atoms with Crippen LogP contribution >= 0.6 is 0 Å². The monoisotopic (exact) mass is 373 g/mol. The molecule has 2 aromatic carbocycles. The molecule has 0 unspecified atom stereocenters. The molecule has 1 aromatic heterocycles. The number of hydrogen-bond acceptors (Lipinski definition) is 5. The Morgan fingerprint density at radius 3 is 1.79 bits per heavy atom. The molecule has 0 aliphatic rings. The number of phenols is 2. The molecule has 28 heavy (non-hydrogen) atoms. The number of rotatable bonds is 8. The zero-order chi connectivity index (χ0) is 19.6. The van der Waals surface area contributed by atoms with E-state index in [0.717, 1.165) is 12.1 Å². The van der Waals surface area contributed by atoms with E-state index in [1.807, 2.05) is 42.5 Å². The molecule has 0 spiro atoms. The third kappa shape index (κ3) is 5.77. The van der Waals surface area contributed by atoms with Crippen LogP contribution in [0.1, 0.15) is 16.8 Å². The molecule has 5 heteroatoms. The Kier molecular flexibility index (Phi) is 6.90. The summed E-state index contributed by atoms with van der Waals surface area (Å²) in [5.74, 6) is 0.578. The van der Waals surface area contributed by atoms with Crippen LogP contribution in [0.2, 0.25) is 0 Å². The minimum Gasteiger partial charge on any atom is -0.507 e. The van der Waals surface area contributed by atoms with Crippen LogP contribution in [0.5, 0.6) is 11.5 Å². The van der Waals surface area contributed by atoms with E-state index in [4.69, 9.17) is 0 Å². The van der Waals surface area contributed by atoms with Crippen LogP contribution in [0.4, 0.5) is 0 Å². The van der Waals surface area contributed by atoms with Crippen molar-refractivity contribution in [3.05, 3.63) is 89.7 Å². The van der Waals surface area contributed by atoms with Crippen molar-refractivity contribution in [1.29, 1.82) is 0 Å². The van der Waals surface area contributed by atoms with Crippen LogP contribution in [0, 0.1) is 5.92 Å². The molecule has 0 saturated heterocycles. The summed E-state index contributed by atoms with van der Waals surface area (Å²) < 4.78 is 0. The molecular formula is C23H23N3O2. The number of pyridine rings is 1. The Morgan fingerprint density at radius 2 is 1.29 bits per heavy atom. The van der Waals surface area contributed by atoms with Gasteiger partial charge in [0.15, 0.2) is 0 Å². The summed E-state index contributed by atoms with van der Waals surface area (Å²) in [5, 5.41) is 19.7. The molecule has 3 rings (SSSR count). The van der Waals surface area contributed by atoms with E-state index in [0.29, 0.717) is 24.2 Å². The van der Waals surface area contributed by atoms with E-state index in [1.54, 1.807) is 42.9 Å². The van der Waals surface area contributed by atoms with Crippen molar-refractivity contribution >= 4 is 12.4 Å². The fourth-order valence-electron chi connectivity index (χ4n) is 2.80. The molecule has 0 atom stereocenters. The van der Waals surface area contributed by atoms with Crippen LogP contribution < -0.4 is 0 Å². The van der Waals surface area contributed by atoms with Gasteiger partial charge in [0.05, 0.1) is 0 Å². The zero-order valence-electron chi connectivity index (χ0n) is 15.5. The van der Waals surface area contributed by atoms with Crippen molar-refractivity contribution in [2.24, 2.45) is 15.9 Å². The second-order valence-electron chi connectivity index (χ2n) is 6.50. The maximum absolute atomic E-state index is 9.86. The molecule has 3 aromatic rings. The molecule has 0 aliphatic carbocycles. The van der Waals surface area contributed by atoms with Crippen molar-refractivity contribution in [2.75, 3.05) is 13.1 Å². The minimum absolute atomic E-state index is 0.152. The highest BCUT2D eigenvalue weighted by Gasteiger charge is 2.09. The Morgan fingerprint density at radius 1 is 0.750 bits per heavy atom. The van der Waals surface area contributed by atoms with Crippen molar-refractivity contribution in [1.82, 2.24) is 4.98 Å². The number of benzene rings is 2. The number of aromatic hydroxyl groups is 2. The standard InChI is InChI=1S/C23H23N3O2/c27-22-10-3-1-7-19(22)16-24-14-18(13-21-9-5-6-12-26-21)15-25-17-20-8-2-4-11-23(20)28/h1-12,16-18,27-28H,13-15H2. The first-order valence-corrected chi connectivity index (χ1v) is 9.18. The van der Waals surface area contributed by atoms with Gasteiger partial charge in [-0.3, -0.25) is 15.0 Å². The average Bonchev–Trinajstić information content (AvgIpc) is 2.71. The van der Waals surface area contributed by atoms with Gasteiger partial charge in [0.2, 0.25) is 0 Å². The number of aromatic nitrogens is 1. The highest BCUT2D eigenvalue weighted by Crippen LogP contribution is 2.15. The summed E-state index contributed by atoms with van der Waals surface area (Å²) in [7, 11) is 0. The van der Waals surface area contributed by atoms with Gasteiger partial charge in [0.25, 0.3) is 0 Å². The van der Waals surface area contributed by atoms with Gasteiger partial charge in [-0.15, -0.1) is 0 Å². The summed E-state index contributed by atoms with van der Waals surface area (Å²) in [4.78, 5) is 13.4. The molecule has 0 fully saturated rings. The van der Waals surface area contributed by atoms with Crippen molar-refractivity contribution in [3.8, 4) is 11.5 Å². The summed E-state index contributed by atoms with van der Waals surface area (Å²) in [5.41, 5.74) is 2.37. The molecular weight excluding hydrogens is 350 g/mol. The van der Waals surface area contributed by atoms with Gasteiger partial charge >= 0.3 is 0 Å². The van der Waals surface area contributed by atoms with Gasteiger partial charge in [-0.25, -0.2) is 0 Å². The van der Waals surface area contributed by atoms with Crippen LogP contribution in [0.3, 0.4) is 0 Å². The molecule has 0 saturated carbocycles. The van der Waals surface area contributed by atoms with Gasteiger partial charge in [0, 0.05) is 54.5 Å². The van der Waals surface area contributed by atoms with Crippen LogP contribution in [-0.2, 0) is 6.42 Å². The van der Waals surface area contributed by atoms with Gasteiger partial charge < -0.3 is 10.2 Å². The lowest BCUT2D eigenvalue weighted by Gasteiger charge is -2.12. The van der Waals surface area contributed by atoms with E-state index in [1.165, 1.54) is 0 Å². The van der Waals surface area contributed by atoms with Gasteiger partial charge in [-0.1, -0.05) is 30.3 Å². The SMILES string of the molecule is Oc1ccccc1C=NCC(CN=Cc1ccccc1O)Cc1ccccn1. The Labute approximate surface area is 164 Å². The molecule has 0 bridgehead atoms. The fraction of sp³-hybridized carbons (Fsp3) is 0.174. The lowest BCUT2D eigenvalue weighted by atomic mass is 10.0. The third-order valence-corrected chi connectivity index (χ3v) is 4.29. The number of para-hydroxylation sites is 2. The summed E-state index contributed by atoms with van der Waals surface area (Å²) in [6.07, 6.45) is 5.90. The summed E-state index contributed by atoms with van der Waals surface area (Å²) >= 11 is 0. The van der Waals surface area contributed by atoms with Crippen molar-refractivity contribution < 1.29 is 10.2 Å². The van der Waals surface area contributed by atoms with E-state index >= 15 is 0 Å². The van der Waals surface area contributed by atoms with Gasteiger partial charge in [-0.2, -0.15) is 0 Å². The first-order chi connectivity index (χ1) is 13.7. The smallest absolute Gasteiger partial charge is 0.124 e. The molecule has 2 N–H and O–H groups in total. The highest BCUT2D eigenvalue weighted by atomic mass is 16.3. The summed E-state index contributed by atoms with van der Waals surface area (Å²) in [6.45, 7) is 1.12. The maximum atomic E-state index is 9.86. The van der Waals surface area contributed by atoms with Gasteiger partial charge in [-0.05, 0) is 42.8 Å². The molecule has 0 radical (unpaired) electrons. The lowest BCUT2D eigenvalue weighted by molar-refractivity contribution is 0.474. The minimum atomic E-state index is 0.152. The van der Waals surface area contributed by atoms with Crippen LogP contribution in [0.15, 0.2) is 82.9 Å². The molecule has 1 heterocycles. The number of aliphatic imine (C=N–C) groups is 2. The average molecular weight is 373 g/mol. The van der Waals surface area contributed by atoms with Crippen molar-refractivity contribution in [2.45, 2.75) is 6.42 Å². The topological polar surface area (TPSA) is 78.1 Å². The van der Waals surface area contributed by atoms with Crippen molar-refractivity contribution in [3.63, 3.8) is 0 Å². The van der Waals surface area contributed by atoms with Crippen LogP contribution in [0.25, 0.3) is 0 Å². The van der Waals surface area contributed by atoms with Crippen LogP contribution in [-0.4, -0.2) is 40.7 Å². The van der Waals surface area contributed by atoms with E-state index in [9.17, 15) is 10.2 Å². The Hall–Kier alpha value is -3.47. The largest absolute Gasteiger partial charge is 0.507 e. The van der Waals surface area contributed by atoms with E-state index < -0.39 is 0 Å². The molecule has 5 nitrogen and oxygen atoms in total. The lowest BCUT2D eigenvalue weighted by Crippen LogP contribution is -2.13. The zero-order valence-corrected chi connectivity index (χ0v) is 15.5. The molecule has 0 aliphatic heterocycles. The Bertz CT molecular complexity index is 882. The number of nitrogens with zero attached hydrogens (tertiary/aromatic N) is 3. The predicted octanol–water partition coefficient (Wildman–Crippen LogP) is 3.89. The highest BCUT2D eigenvalue weighted by molar-refractivity contribution is 5.83. The first-order valence-electron chi connectivity index (χ1n) is 9.18. The predicted molar refractivity (Wildman–Crippen MR) is 113 cm³/mol. The second-order valence-corrected chi connectivity index (χ2v) is 6.50. The number of phenolic OH excluding ortho intramolecular Hbond substituents is 2. The van der Waals surface area contributed by atoms with E-state index in [-0.39, 0.29) is 17.4 Å². The second kappa shape index (κ2) is 10.0. The molecule has 142 valence electrons. The van der Waals surface area contributed by atoms with E-state index in [2.05, 4.69) is 15.0 Å². The summed E-state index contributed by atoms with van der Waals surface area (Å²) in [6, 6.07) is 20.1. The first kappa shape index (κ1) is 19.3. The third-order valence-electron chi connectivity index (χ3n) is 4.29. The van der Waals surface area contributed by atoms with Gasteiger partial charge in [0.1, 0.15) is 11.5 Å². The quantitative estimate of drug-likeness (QED) is 0.588. The Balaban J connectivity index is 1.68. The maximum Gasteiger partial charge on any atom is 0.124 e.